The molecule has 2 N–H and O–H groups in total. The Labute approximate surface area is 123 Å². The van der Waals surface area contributed by atoms with Gasteiger partial charge in [-0.05, 0) is 29.8 Å². The van der Waals surface area contributed by atoms with Crippen molar-refractivity contribution in [2.24, 2.45) is 0 Å². The first-order valence-corrected chi connectivity index (χ1v) is 6.36. The van der Waals surface area contributed by atoms with Crippen molar-refractivity contribution in [2.45, 2.75) is 6.54 Å². The van der Waals surface area contributed by atoms with E-state index >= 15 is 0 Å². The quantitative estimate of drug-likeness (QED) is 0.851. The van der Waals surface area contributed by atoms with Gasteiger partial charge in [0.15, 0.2) is 11.5 Å². The van der Waals surface area contributed by atoms with Gasteiger partial charge in [0.2, 0.25) is 11.6 Å². The van der Waals surface area contributed by atoms with Crippen LogP contribution in [0.4, 0.5) is 5.69 Å². The summed E-state index contributed by atoms with van der Waals surface area (Å²) in [5, 5.41) is 13.1. The van der Waals surface area contributed by atoms with Gasteiger partial charge in [0, 0.05) is 12.7 Å². The van der Waals surface area contributed by atoms with E-state index in [0.29, 0.717) is 23.9 Å². The molecule has 0 fully saturated rings. The first-order valence-electron chi connectivity index (χ1n) is 6.36. The number of phenols is 1. The van der Waals surface area contributed by atoms with E-state index in [4.69, 9.17) is 14.2 Å². The molecule has 0 aliphatic rings. The molecule has 0 saturated carbocycles. The van der Waals surface area contributed by atoms with Gasteiger partial charge < -0.3 is 24.6 Å². The Hall–Kier alpha value is -2.63. The number of anilines is 1. The maximum atomic E-state index is 9.88. The Balaban J connectivity index is 2.20. The van der Waals surface area contributed by atoms with Gasteiger partial charge in [0.05, 0.1) is 27.0 Å². The Kier molecular flexibility index (Phi) is 4.71. The highest BCUT2D eigenvalue weighted by atomic mass is 16.5. The smallest absolute Gasteiger partial charge is 0.237 e. The number of hydrogen-bond donors (Lipinski definition) is 2. The predicted octanol–water partition coefficient (Wildman–Crippen LogP) is 2.43. The fraction of sp³-hybridized carbons (Fsp3) is 0.267. The van der Waals surface area contributed by atoms with Gasteiger partial charge >= 0.3 is 0 Å². The monoisotopic (exact) mass is 290 g/mol. The lowest BCUT2D eigenvalue weighted by atomic mass is 10.1. The molecule has 0 aliphatic heterocycles. The van der Waals surface area contributed by atoms with Crippen LogP contribution in [0.25, 0.3) is 0 Å². The van der Waals surface area contributed by atoms with E-state index in [9.17, 15) is 5.11 Å². The average molecular weight is 290 g/mol. The zero-order valence-corrected chi connectivity index (χ0v) is 12.2. The Morgan fingerprint density at radius 3 is 2.33 bits per heavy atom. The zero-order valence-electron chi connectivity index (χ0n) is 12.2. The number of benzene rings is 1. The lowest BCUT2D eigenvalue weighted by molar-refractivity contribution is 0.339. The van der Waals surface area contributed by atoms with E-state index in [1.807, 2.05) is 12.1 Å². The number of aromatic nitrogens is 1. The molecule has 0 atom stereocenters. The van der Waals surface area contributed by atoms with Crippen molar-refractivity contribution < 1.29 is 19.3 Å². The van der Waals surface area contributed by atoms with Gasteiger partial charge in [-0.3, -0.25) is 0 Å². The second kappa shape index (κ2) is 6.69. The number of phenolic OH excluding ortho intramolecular Hbond substituents is 1. The van der Waals surface area contributed by atoms with E-state index in [0.717, 1.165) is 11.3 Å². The molecule has 2 aromatic rings. The summed E-state index contributed by atoms with van der Waals surface area (Å²) in [5.41, 5.74) is 1.68. The third-order valence-electron chi connectivity index (χ3n) is 2.99. The largest absolute Gasteiger partial charge is 0.502 e. The molecule has 0 spiro atoms. The van der Waals surface area contributed by atoms with Crippen molar-refractivity contribution in [3.05, 3.63) is 36.0 Å². The summed E-state index contributed by atoms with van der Waals surface area (Å²) >= 11 is 0. The van der Waals surface area contributed by atoms with Crippen LogP contribution in [-0.4, -0.2) is 31.4 Å². The topological polar surface area (TPSA) is 72.8 Å². The lowest BCUT2D eigenvalue weighted by Gasteiger charge is -2.13. The third kappa shape index (κ3) is 3.28. The minimum atomic E-state index is -0.0114. The van der Waals surface area contributed by atoms with Crippen LogP contribution in [0, 0.1) is 0 Å². The van der Waals surface area contributed by atoms with E-state index in [-0.39, 0.29) is 5.75 Å². The minimum absolute atomic E-state index is 0.0114. The zero-order chi connectivity index (χ0) is 15.2. The SMILES string of the molecule is COc1cc(CNc2cccnc2OC)cc(OC)c1O. The molecule has 1 aromatic heterocycles. The highest BCUT2D eigenvalue weighted by molar-refractivity contribution is 5.55. The predicted molar refractivity (Wildman–Crippen MR) is 79.3 cm³/mol. The summed E-state index contributed by atoms with van der Waals surface area (Å²) in [4.78, 5) is 4.12. The van der Waals surface area contributed by atoms with Crippen molar-refractivity contribution in [1.82, 2.24) is 4.98 Å². The van der Waals surface area contributed by atoms with Crippen molar-refractivity contribution >= 4 is 5.69 Å². The van der Waals surface area contributed by atoms with Crippen LogP contribution in [-0.2, 0) is 6.54 Å². The molecule has 6 heteroatoms. The summed E-state index contributed by atoms with van der Waals surface area (Å²) in [6, 6.07) is 7.19. The molecular formula is C15H18N2O4. The number of aromatic hydroxyl groups is 1. The van der Waals surface area contributed by atoms with Gasteiger partial charge in [0.25, 0.3) is 0 Å². The summed E-state index contributed by atoms with van der Waals surface area (Å²) in [6.07, 6.45) is 1.66. The number of rotatable bonds is 6. The van der Waals surface area contributed by atoms with E-state index in [1.54, 1.807) is 25.4 Å². The lowest BCUT2D eigenvalue weighted by Crippen LogP contribution is -2.03. The maximum absolute atomic E-state index is 9.88. The van der Waals surface area contributed by atoms with Crippen LogP contribution in [0.15, 0.2) is 30.5 Å². The second-order valence-corrected chi connectivity index (χ2v) is 4.26. The Morgan fingerprint density at radius 2 is 1.76 bits per heavy atom. The fourth-order valence-electron chi connectivity index (χ4n) is 1.94. The highest BCUT2D eigenvalue weighted by Gasteiger charge is 2.11. The summed E-state index contributed by atoms with van der Waals surface area (Å²) in [7, 11) is 4.56. The molecule has 0 bridgehead atoms. The number of methoxy groups -OCH3 is 3. The number of pyridine rings is 1. The van der Waals surface area contributed by atoms with Gasteiger partial charge in [-0.1, -0.05) is 0 Å². The minimum Gasteiger partial charge on any atom is -0.502 e. The Bertz CT molecular complexity index is 591. The number of hydrogen-bond acceptors (Lipinski definition) is 6. The molecule has 112 valence electrons. The molecule has 0 unspecified atom stereocenters. The highest BCUT2D eigenvalue weighted by Crippen LogP contribution is 2.37. The molecule has 6 nitrogen and oxygen atoms in total. The van der Waals surface area contributed by atoms with Crippen molar-refractivity contribution in [2.75, 3.05) is 26.6 Å². The van der Waals surface area contributed by atoms with Gasteiger partial charge in [-0.15, -0.1) is 0 Å². The van der Waals surface area contributed by atoms with Gasteiger partial charge in [-0.2, -0.15) is 0 Å². The molecule has 1 aromatic carbocycles. The molecule has 0 saturated heterocycles. The molecular weight excluding hydrogens is 272 g/mol. The van der Waals surface area contributed by atoms with Crippen molar-refractivity contribution in [3.63, 3.8) is 0 Å². The molecule has 0 amide bonds. The first kappa shape index (κ1) is 14.8. The van der Waals surface area contributed by atoms with Crippen LogP contribution in [0.2, 0.25) is 0 Å². The standard InChI is InChI=1S/C15H18N2O4/c1-19-12-7-10(8-13(20-2)14(12)18)9-17-11-5-4-6-16-15(11)21-3/h4-8,17-18H,9H2,1-3H3. The van der Waals surface area contributed by atoms with Crippen LogP contribution in [0.3, 0.4) is 0 Å². The van der Waals surface area contributed by atoms with Crippen molar-refractivity contribution in [3.8, 4) is 23.1 Å². The van der Waals surface area contributed by atoms with Crippen LogP contribution < -0.4 is 19.5 Å². The summed E-state index contributed by atoms with van der Waals surface area (Å²) < 4.78 is 15.4. The average Bonchev–Trinajstić information content (AvgIpc) is 2.54. The number of nitrogens with one attached hydrogen (secondary N) is 1. The van der Waals surface area contributed by atoms with E-state index < -0.39 is 0 Å². The van der Waals surface area contributed by atoms with Crippen LogP contribution in [0.1, 0.15) is 5.56 Å². The molecule has 2 rings (SSSR count). The summed E-state index contributed by atoms with van der Waals surface area (Å²) in [6.45, 7) is 0.509. The van der Waals surface area contributed by atoms with E-state index in [1.165, 1.54) is 14.2 Å². The van der Waals surface area contributed by atoms with Gasteiger partial charge in [-0.25, -0.2) is 4.98 Å². The Morgan fingerprint density at radius 1 is 1.10 bits per heavy atom. The first-order chi connectivity index (χ1) is 10.2. The molecule has 0 aliphatic carbocycles. The third-order valence-corrected chi connectivity index (χ3v) is 2.99. The maximum Gasteiger partial charge on any atom is 0.237 e. The normalized spacial score (nSPS) is 10.0. The molecule has 21 heavy (non-hydrogen) atoms. The second-order valence-electron chi connectivity index (χ2n) is 4.26. The number of ether oxygens (including phenoxy) is 3. The molecule has 0 radical (unpaired) electrons. The van der Waals surface area contributed by atoms with Crippen LogP contribution in [0.5, 0.6) is 23.1 Å². The fourth-order valence-corrected chi connectivity index (χ4v) is 1.94. The van der Waals surface area contributed by atoms with E-state index in [2.05, 4.69) is 10.3 Å². The summed E-state index contributed by atoms with van der Waals surface area (Å²) in [5.74, 6) is 1.24. The van der Waals surface area contributed by atoms with Crippen LogP contribution >= 0.6 is 0 Å². The molecule has 1 heterocycles. The van der Waals surface area contributed by atoms with Crippen molar-refractivity contribution in [1.29, 1.82) is 0 Å². The van der Waals surface area contributed by atoms with Gasteiger partial charge in [0.1, 0.15) is 0 Å². The number of nitrogens with zero attached hydrogens (tertiary/aromatic N) is 1.